The molecular formula is C20H19ClN4O3. The number of para-hydroxylation sites is 2. The fourth-order valence-electron chi connectivity index (χ4n) is 2.53. The van der Waals surface area contributed by atoms with Gasteiger partial charge in [0.1, 0.15) is 17.2 Å². The number of hydrogen-bond donors (Lipinski definition) is 2. The molecule has 0 saturated carbocycles. The summed E-state index contributed by atoms with van der Waals surface area (Å²) in [5.41, 5.74) is 2.27. The molecule has 0 saturated heterocycles. The van der Waals surface area contributed by atoms with Crippen LogP contribution in [-0.2, 0) is 0 Å². The molecule has 8 heteroatoms. The number of hydrogen-bond acceptors (Lipinski definition) is 6. The van der Waals surface area contributed by atoms with Crippen molar-refractivity contribution in [3.63, 3.8) is 0 Å². The summed E-state index contributed by atoms with van der Waals surface area (Å²) < 4.78 is 10.6. The maximum Gasteiger partial charge on any atom is 0.274 e. The Labute approximate surface area is 167 Å². The van der Waals surface area contributed by atoms with E-state index in [4.69, 9.17) is 21.1 Å². The Balaban J connectivity index is 1.83. The van der Waals surface area contributed by atoms with Crippen LogP contribution in [0.1, 0.15) is 16.1 Å². The number of aromatic nitrogens is 2. The largest absolute Gasteiger partial charge is 0.495 e. The van der Waals surface area contributed by atoms with Crippen LogP contribution < -0.4 is 20.1 Å². The molecule has 0 atom stereocenters. The lowest BCUT2D eigenvalue weighted by molar-refractivity contribution is 0.102. The molecule has 144 valence electrons. The van der Waals surface area contributed by atoms with E-state index in [0.29, 0.717) is 27.9 Å². The second kappa shape index (κ2) is 8.58. The van der Waals surface area contributed by atoms with Gasteiger partial charge in [0.05, 0.1) is 25.6 Å². The number of nitrogens with one attached hydrogen (secondary N) is 2. The Morgan fingerprint density at radius 2 is 1.79 bits per heavy atom. The molecule has 0 aliphatic carbocycles. The number of nitrogens with zero attached hydrogens (tertiary/aromatic N) is 2. The van der Waals surface area contributed by atoms with Crippen LogP contribution in [0.15, 0.2) is 48.7 Å². The summed E-state index contributed by atoms with van der Waals surface area (Å²) in [4.78, 5) is 21.0. The van der Waals surface area contributed by atoms with Gasteiger partial charge >= 0.3 is 0 Å². The zero-order chi connectivity index (χ0) is 20.1. The Hall–Kier alpha value is -3.32. The van der Waals surface area contributed by atoms with Crippen LogP contribution >= 0.6 is 11.6 Å². The van der Waals surface area contributed by atoms with Gasteiger partial charge in [0.15, 0.2) is 0 Å². The summed E-state index contributed by atoms with van der Waals surface area (Å²) in [7, 11) is 3.09. The minimum Gasteiger partial charge on any atom is -0.495 e. The SMILES string of the molecule is COc1ccccc1NC(=O)c1ccnc(Nc2cc(C)c(Cl)cc2OC)n1. The number of amides is 1. The molecule has 0 aliphatic heterocycles. The van der Waals surface area contributed by atoms with Gasteiger partial charge in [-0.25, -0.2) is 9.97 Å². The van der Waals surface area contributed by atoms with E-state index in [1.54, 1.807) is 38.5 Å². The van der Waals surface area contributed by atoms with Crippen molar-refractivity contribution in [3.8, 4) is 11.5 Å². The number of methoxy groups -OCH3 is 2. The van der Waals surface area contributed by atoms with Gasteiger partial charge in [-0.1, -0.05) is 23.7 Å². The fourth-order valence-corrected chi connectivity index (χ4v) is 2.68. The Morgan fingerprint density at radius 3 is 2.54 bits per heavy atom. The topological polar surface area (TPSA) is 85.4 Å². The first-order valence-electron chi connectivity index (χ1n) is 8.40. The molecule has 0 radical (unpaired) electrons. The molecule has 3 aromatic rings. The highest BCUT2D eigenvalue weighted by molar-refractivity contribution is 6.31. The highest BCUT2D eigenvalue weighted by atomic mass is 35.5. The Kier molecular flexibility index (Phi) is 5.96. The summed E-state index contributed by atoms with van der Waals surface area (Å²) in [6.45, 7) is 1.88. The number of benzene rings is 2. The summed E-state index contributed by atoms with van der Waals surface area (Å²) in [5, 5.41) is 6.44. The first-order chi connectivity index (χ1) is 13.5. The quantitative estimate of drug-likeness (QED) is 0.638. The molecule has 0 aliphatic rings. The van der Waals surface area contributed by atoms with Gasteiger partial charge in [-0.2, -0.15) is 0 Å². The minimum atomic E-state index is -0.380. The number of ether oxygens (including phenoxy) is 2. The molecule has 0 bridgehead atoms. The van der Waals surface area contributed by atoms with Crippen molar-refractivity contribution >= 4 is 34.8 Å². The van der Waals surface area contributed by atoms with Crippen molar-refractivity contribution in [1.29, 1.82) is 0 Å². The van der Waals surface area contributed by atoms with E-state index in [0.717, 1.165) is 5.56 Å². The highest BCUT2D eigenvalue weighted by Crippen LogP contribution is 2.32. The molecule has 28 heavy (non-hydrogen) atoms. The zero-order valence-electron chi connectivity index (χ0n) is 15.6. The minimum absolute atomic E-state index is 0.202. The Bertz CT molecular complexity index is 1010. The van der Waals surface area contributed by atoms with Crippen molar-refractivity contribution in [2.75, 3.05) is 24.9 Å². The summed E-state index contributed by atoms with van der Waals surface area (Å²) >= 11 is 6.13. The molecule has 2 N–H and O–H groups in total. The molecule has 7 nitrogen and oxygen atoms in total. The van der Waals surface area contributed by atoms with Gasteiger partial charge in [0.2, 0.25) is 5.95 Å². The third-order valence-electron chi connectivity index (χ3n) is 3.97. The predicted octanol–water partition coefficient (Wildman–Crippen LogP) is 4.45. The molecule has 0 spiro atoms. The molecule has 0 unspecified atom stereocenters. The number of halogens is 1. The van der Waals surface area contributed by atoms with E-state index in [2.05, 4.69) is 20.6 Å². The number of carbonyl (C=O) groups excluding carboxylic acids is 1. The van der Waals surface area contributed by atoms with E-state index in [-0.39, 0.29) is 17.5 Å². The second-order valence-electron chi connectivity index (χ2n) is 5.85. The first-order valence-corrected chi connectivity index (χ1v) is 8.78. The first kappa shape index (κ1) is 19.4. The average molecular weight is 399 g/mol. The monoisotopic (exact) mass is 398 g/mol. The van der Waals surface area contributed by atoms with Gasteiger partial charge in [0, 0.05) is 17.3 Å². The Morgan fingerprint density at radius 1 is 1.04 bits per heavy atom. The number of anilines is 3. The lowest BCUT2D eigenvalue weighted by atomic mass is 10.2. The van der Waals surface area contributed by atoms with Gasteiger partial charge in [-0.05, 0) is 36.8 Å². The van der Waals surface area contributed by atoms with E-state index < -0.39 is 0 Å². The standard InChI is InChI=1S/C20H19ClN4O3/c1-12-10-16(18(28-3)11-13(12)21)25-20-22-9-8-15(24-20)19(26)23-14-6-4-5-7-17(14)27-2/h4-11H,1-3H3,(H,23,26)(H,22,24,25). The third kappa shape index (κ3) is 4.32. The van der Waals surface area contributed by atoms with Crippen molar-refractivity contribution in [3.05, 3.63) is 64.9 Å². The maximum atomic E-state index is 12.6. The van der Waals surface area contributed by atoms with Crippen LogP contribution in [0, 0.1) is 6.92 Å². The molecule has 2 aromatic carbocycles. The summed E-state index contributed by atoms with van der Waals surface area (Å²) in [6.07, 6.45) is 1.50. The predicted molar refractivity (Wildman–Crippen MR) is 109 cm³/mol. The molecular weight excluding hydrogens is 380 g/mol. The summed E-state index contributed by atoms with van der Waals surface area (Å²) in [5.74, 6) is 0.981. The maximum absolute atomic E-state index is 12.6. The smallest absolute Gasteiger partial charge is 0.274 e. The zero-order valence-corrected chi connectivity index (χ0v) is 16.4. The normalized spacial score (nSPS) is 10.3. The van der Waals surface area contributed by atoms with Gasteiger partial charge in [-0.3, -0.25) is 4.79 Å². The van der Waals surface area contributed by atoms with Crippen molar-refractivity contribution < 1.29 is 14.3 Å². The lowest BCUT2D eigenvalue weighted by Crippen LogP contribution is -2.15. The van der Waals surface area contributed by atoms with Crippen LogP contribution in [0.5, 0.6) is 11.5 Å². The van der Waals surface area contributed by atoms with Gasteiger partial charge < -0.3 is 20.1 Å². The van der Waals surface area contributed by atoms with Crippen LogP contribution in [0.3, 0.4) is 0 Å². The fraction of sp³-hybridized carbons (Fsp3) is 0.150. The van der Waals surface area contributed by atoms with Crippen LogP contribution in [0.2, 0.25) is 5.02 Å². The van der Waals surface area contributed by atoms with Gasteiger partial charge in [-0.15, -0.1) is 0 Å². The number of aryl methyl sites for hydroxylation is 1. The highest BCUT2D eigenvalue weighted by Gasteiger charge is 2.13. The van der Waals surface area contributed by atoms with Crippen molar-refractivity contribution in [1.82, 2.24) is 9.97 Å². The van der Waals surface area contributed by atoms with E-state index in [1.807, 2.05) is 19.1 Å². The van der Waals surface area contributed by atoms with E-state index >= 15 is 0 Å². The van der Waals surface area contributed by atoms with E-state index in [9.17, 15) is 4.79 Å². The van der Waals surface area contributed by atoms with Crippen LogP contribution in [0.4, 0.5) is 17.3 Å². The lowest BCUT2D eigenvalue weighted by Gasteiger charge is -2.13. The molecule has 3 rings (SSSR count). The van der Waals surface area contributed by atoms with Crippen LogP contribution in [-0.4, -0.2) is 30.1 Å². The van der Waals surface area contributed by atoms with Crippen molar-refractivity contribution in [2.45, 2.75) is 6.92 Å². The van der Waals surface area contributed by atoms with Crippen LogP contribution in [0.25, 0.3) is 0 Å². The molecule has 1 aromatic heterocycles. The molecule has 1 heterocycles. The molecule has 1 amide bonds. The average Bonchev–Trinajstić information content (AvgIpc) is 2.71. The molecule has 0 fully saturated rings. The van der Waals surface area contributed by atoms with E-state index in [1.165, 1.54) is 12.3 Å². The second-order valence-corrected chi connectivity index (χ2v) is 6.25. The third-order valence-corrected chi connectivity index (χ3v) is 4.38. The van der Waals surface area contributed by atoms with Crippen molar-refractivity contribution in [2.24, 2.45) is 0 Å². The van der Waals surface area contributed by atoms with Gasteiger partial charge in [0.25, 0.3) is 5.91 Å². The number of carbonyl (C=O) groups is 1. The summed E-state index contributed by atoms with van der Waals surface area (Å²) in [6, 6.07) is 12.2. The number of rotatable bonds is 6.